The lowest BCUT2D eigenvalue weighted by Gasteiger charge is -2.12. The molecule has 0 aliphatic heterocycles. The van der Waals surface area contributed by atoms with Gasteiger partial charge in [0.2, 0.25) is 0 Å². The zero-order valence-electron chi connectivity index (χ0n) is 14.0. The molecule has 28 heavy (non-hydrogen) atoms. The summed E-state index contributed by atoms with van der Waals surface area (Å²) in [5.41, 5.74) is 0.647. The Bertz CT molecular complexity index is 1080. The summed E-state index contributed by atoms with van der Waals surface area (Å²) in [5.74, 6) is -1.25. The number of amides is 1. The monoisotopic (exact) mass is 453 g/mol. The Morgan fingerprint density at radius 2 is 1.39 bits per heavy atom. The number of phenolic OH excluding ortho intramolecular Hbond substituents is 1. The Morgan fingerprint density at radius 3 is 2.07 bits per heavy atom. The standard InChI is InChI=1S/C20H11Cl4NO3/c21-11-3-1-10(2-4-11)19(27)13-8-17(16(24)9-15(13)23)25-20(28)14-7-12(22)5-6-18(14)26/h1-9,26H,(H,25,28). The molecule has 0 aliphatic rings. The van der Waals surface area contributed by atoms with Crippen LogP contribution in [0.25, 0.3) is 0 Å². The van der Waals surface area contributed by atoms with E-state index in [1.54, 1.807) is 24.3 Å². The maximum Gasteiger partial charge on any atom is 0.259 e. The molecule has 4 nitrogen and oxygen atoms in total. The van der Waals surface area contributed by atoms with Crippen molar-refractivity contribution >= 4 is 63.8 Å². The SMILES string of the molecule is O=C(Nc1cc(C(=O)c2ccc(Cl)cc2)c(Cl)cc1Cl)c1cc(Cl)ccc1O. The summed E-state index contributed by atoms with van der Waals surface area (Å²) in [5, 5.41) is 13.5. The lowest BCUT2D eigenvalue weighted by molar-refractivity contribution is 0.101. The molecule has 2 N–H and O–H groups in total. The molecule has 3 rings (SSSR count). The van der Waals surface area contributed by atoms with Crippen molar-refractivity contribution in [3.05, 3.63) is 91.4 Å². The van der Waals surface area contributed by atoms with Crippen LogP contribution >= 0.6 is 46.4 Å². The molecule has 0 aromatic heterocycles. The van der Waals surface area contributed by atoms with Crippen LogP contribution in [-0.4, -0.2) is 16.8 Å². The van der Waals surface area contributed by atoms with Crippen LogP contribution in [0.4, 0.5) is 5.69 Å². The van der Waals surface area contributed by atoms with E-state index in [2.05, 4.69) is 5.32 Å². The number of aromatic hydroxyl groups is 1. The molecule has 142 valence electrons. The van der Waals surface area contributed by atoms with Gasteiger partial charge in [0.15, 0.2) is 5.78 Å². The van der Waals surface area contributed by atoms with Crippen LogP contribution in [0.15, 0.2) is 54.6 Å². The predicted molar refractivity (Wildman–Crippen MR) is 112 cm³/mol. The number of benzene rings is 3. The van der Waals surface area contributed by atoms with Gasteiger partial charge >= 0.3 is 0 Å². The predicted octanol–water partition coefficient (Wildman–Crippen LogP) is 6.49. The molecule has 0 fully saturated rings. The number of anilines is 1. The van der Waals surface area contributed by atoms with Crippen molar-refractivity contribution in [1.82, 2.24) is 0 Å². The highest BCUT2D eigenvalue weighted by atomic mass is 35.5. The summed E-state index contributed by atoms with van der Waals surface area (Å²) >= 11 is 24.1. The lowest BCUT2D eigenvalue weighted by Crippen LogP contribution is -2.13. The van der Waals surface area contributed by atoms with E-state index in [-0.39, 0.29) is 43.4 Å². The topological polar surface area (TPSA) is 66.4 Å². The minimum absolute atomic E-state index is 0.0379. The van der Waals surface area contributed by atoms with Gasteiger partial charge in [-0.15, -0.1) is 0 Å². The third-order valence-corrected chi connectivity index (χ3v) is 4.97. The first-order valence-electron chi connectivity index (χ1n) is 7.85. The second-order valence-electron chi connectivity index (χ2n) is 5.76. The van der Waals surface area contributed by atoms with E-state index >= 15 is 0 Å². The number of carbonyl (C=O) groups is 2. The van der Waals surface area contributed by atoms with Crippen LogP contribution in [0.3, 0.4) is 0 Å². The van der Waals surface area contributed by atoms with Crippen LogP contribution in [-0.2, 0) is 0 Å². The normalized spacial score (nSPS) is 10.6. The fourth-order valence-corrected chi connectivity index (χ4v) is 3.27. The van der Waals surface area contributed by atoms with Crippen LogP contribution in [0, 0.1) is 0 Å². The van der Waals surface area contributed by atoms with Crippen LogP contribution in [0.5, 0.6) is 5.75 Å². The minimum Gasteiger partial charge on any atom is -0.507 e. The summed E-state index contributed by atoms with van der Waals surface area (Å²) in [6.07, 6.45) is 0. The van der Waals surface area contributed by atoms with E-state index in [0.717, 1.165) is 0 Å². The van der Waals surface area contributed by atoms with Crippen LogP contribution in [0.1, 0.15) is 26.3 Å². The number of rotatable bonds is 4. The summed E-state index contributed by atoms with van der Waals surface area (Å²) in [6.45, 7) is 0. The smallest absolute Gasteiger partial charge is 0.259 e. The van der Waals surface area contributed by atoms with Crippen molar-refractivity contribution in [2.24, 2.45) is 0 Å². The van der Waals surface area contributed by atoms with Crippen molar-refractivity contribution in [1.29, 1.82) is 0 Å². The van der Waals surface area contributed by atoms with E-state index in [1.165, 1.54) is 30.3 Å². The van der Waals surface area contributed by atoms with E-state index in [4.69, 9.17) is 46.4 Å². The van der Waals surface area contributed by atoms with Crippen molar-refractivity contribution in [2.75, 3.05) is 5.32 Å². The Balaban J connectivity index is 1.95. The van der Waals surface area contributed by atoms with Gasteiger partial charge in [-0.1, -0.05) is 46.4 Å². The second-order valence-corrected chi connectivity index (χ2v) is 7.45. The Hall–Kier alpha value is -2.24. The molecule has 0 unspecified atom stereocenters. The number of halogens is 4. The Labute approximate surface area is 180 Å². The zero-order valence-corrected chi connectivity index (χ0v) is 17.0. The van der Waals surface area contributed by atoms with Gasteiger partial charge in [0.1, 0.15) is 5.75 Å². The van der Waals surface area contributed by atoms with E-state index < -0.39 is 5.91 Å². The van der Waals surface area contributed by atoms with E-state index in [9.17, 15) is 14.7 Å². The molecule has 8 heteroatoms. The highest BCUT2D eigenvalue weighted by molar-refractivity contribution is 6.39. The molecule has 0 radical (unpaired) electrons. The number of phenols is 1. The average molecular weight is 455 g/mol. The fourth-order valence-electron chi connectivity index (χ4n) is 2.46. The van der Waals surface area contributed by atoms with Crippen LogP contribution in [0.2, 0.25) is 20.1 Å². The van der Waals surface area contributed by atoms with E-state index in [1.807, 2.05) is 0 Å². The number of hydrogen-bond acceptors (Lipinski definition) is 3. The van der Waals surface area contributed by atoms with Gasteiger partial charge in [-0.05, 0) is 54.6 Å². The third kappa shape index (κ3) is 4.42. The molecule has 0 heterocycles. The second kappa shape index (κ2) is 8.41. The van der Waals surface area contributed by atoms with Crippen LogP contribution < -0.4 is 5.32 Å². The zero-order chi connectivity index (χ0) is 20.4. The molecular formula is C20H11Cl4NO3. The van der Waals surface area contributed by atoms with Gasteiger partial charge in [0, 0.05) is 21.2 Å². The third-order valence-electron chi connectivity index (χ3n) is 3.86. The Morgan fingerprint density at radius 1 is 0.750 bits per heavy atom. The van der Waals surface area contributed by atoms with Crippen molar-refractivity contribution in [3.8, 4) is 5.75 Å². The highest BCUT2D eigenvalue weighted by Gasteiger charge is 2.19. The first kappa shape index (κ1) is 20.5. The van der Waals surface area contributed by atoms with Crippen molar-refractivity contribution in [2.45, 2.75) is 0 Å². The highest BCUT2D eigenvalue weighted by Crippen LogP contribution is 2.32. The summed E-state index contributed by atoms with van der Waals surface area (Å²) in [6, 6.07) is 13.1. The minimum atomic E-state index is -0.644. The molecular weight excluding hydrogens is 444 g/mol. The van der Waals surface area contributed by atoms with Gasteiger partial charge in [-0.3, -0.25) is 9.59 Å². The molecule has 0 saturated heterocycles. The summed E-state index contributed by atoms with van der Waals surface area (Å²) < 4.78 is 0. The summed E-state index contributed by atoms with van der Waals surface area (Å²) in [4.78, 5) is 25.2. The van der Waals surface area contributed by atoms with Gasteiger partial charge < -0.3 is 10.4 Å². The number of ketones is 1. The van der Waals surface area contributed by atoms with Gasteiger partial charge in [-0.25, -0.2) is 0 Å². The summed E-state index contributed by atoms with van der Waals surface area (Å²) in [7, 11) is 0. The average Bonchev–Trinajstić information content (AvgIpc) is 2.66. The maximum atomic E-state index is 12.8. The molecule has 0 spiro atoms. The molecule has 3 aromatic carbocycles. The molecule has 0 bridgehead atoms. The fraction of sp³-hybridized carbons (Fsp3) is 0. The largest absolute Gasteiger partial charge is 0.507 e. The molecule has 0 saturated carbocycles. The van der Waals surface area contributed by atoms with Crippen molar-refractivity contribution < 1.29 is 14.7 Å². The molecule has 3 aromatic rings. The quantitative estimate of drug-likeness (QED) is 0.442. The van der Waals surface area contributed by atoms with Gasteiger partial charge in [0.05, 0.1) is 21.3 Å². The van der Waals surface area contributed by atoms with Gasteiger partial charge in [-0.2, -0.15) is 0 Å². The van der Waals surface area contributed by atoms with E-state index in [0.29, 0.717) is 10.6 Å². The first-order valence-corrected chi connectivity index (χ1v) is 9.36. The number of hydrogen-bond donors (Lipinski definition) is 2. The first-order chi connectivity index (χ1) is 13.3. The lowest BCUT2D eigenvalue weighted by atomic mass is 10.0. The maximum absolute atomic E-state index is 12.8. The van der Waals surface area contributed by atoms with Crippen molar-refractivity contribution in [3.63, 3.8) is 0 Å². The Kier molecular flexibility index (Phi) is 6.16. The number of nitrogens with one attached hydrogen (secondary N) is 1. The van der Waals surface area contributed by atoms with Gasteiger partial charge in [0.25, 0.3) is 5.91 Å². The number of carbonyl (C=O) groups excluding carboxylic acids is 2. The molecule has 1 amide bonds. The molecule has 0 aliphatic carbocycles. The molecule has 0 atom stereocenters.